The second kappa shape index (κ2) is 9.04. The van der Waals surface area contributed by atoms with Crippen LogP contribution in [0.3, 0.4) is 0 Å². The Labute approximate surface area is 150 Å². The van der Waals surface area contributed by atoms with Crippen molar-refractivity contribution in [2.45, 2.75) is 52.1 Å². The van der Waals surface area contributed by atoms with E-state index in [2.05, 4.69) is 5.32 Å². The standard InChI is InChI=1S/C18H27N3O2.ClH/c1-12(2)11-15(19)17(22)20-16-5-4-10-21(18(16)23)14-8-6-13(3)7-9-14;/h6-9,12,15-16H,4-5,10-11,19H2,1-3H3,(H,20,22);1H/t15-,16?;/m0./s1. The number of carbonyl (C=O) groups is 2. The van der Waals surface area contributed by atoms with Crippen LogP contribution in [-0.4, -0.2) is 30.4 Å². The Morgan fingerprint density at radius 3 is 2.54 bits per heavy atom. The summed E-state index contributed by atoms with van der Waals surface area (Å²) in [4.78, 5) is 26.6. The number of nitrogens with two attached hydrogens (primary N) is 1. The number of nitrogens with one attached hydrogen (secondary N) is 1. The SMILES string of the molecule is Cc1ccc(N2CCCC(NC(=O)[C@@H](N)CC(C)C)C2=O)cc1.Cl. The molecule has 24 heavy (non-hydrogen) atoms. The van der Waals surface area contributed by atoms with Crippen molar-refractivity contribution in [2.75, 3.05) is 11.4 Å². The van der Waals surface area contributed by atoms with Crippen LogP contribution < -0.4 is 16.0 Å². The van der Waals surface area contributed by atoms with Crippen molar-refractivity contribution in [3.05, 3.63) is 29.8 Å². The van der Waals surface area contributed by atoms with Gasteiger partial charge in [0.05, 0.1) is 6.04 Å². The molecule has 1 aliphatic rings. The number of rotatable bonds is 5. The van der Waals surface area contributed by atoms with E-state index in [0.29, 0.717) is 25.3 Å². The van der Waals surface area contributed by atoms with Crippen LogP contribution >= 0.6 is 12.4 Å². The highest BCUT2D eigenvalue weighted by atomic mass is 35.5. The Bertz CT molecular complexity index is 560. The van der Waals surface area contributed by atoms with Gasteiger partial charge in [-0.15, -0.1) is 12.4 Å². The molecule has 1 aliphatic heterocycles. The van der Waals surface area contributed by atoms with Gasteiger partial charge in [-0.05, 0) is 44.2 Å². The van der Waals surface area contributed by atoms with Gasteiger partial charge in [-0.2, -0.15) is 0 Å². The zero-order valence-electron chi connectivity index (χ0n) is 14.6. The molecule has 1 fully saturated rings. The van der Waals surface area contributed by atoms with E-state index >= 15 is 0 Å². The van der Waals surface area contributed by atoms with Crippen LogP contribution in [0.15, 0.2) is 24.3 Å². The summed E-state index contributed by atoms with van der Waals surface area (Å²) in [6.07, 6.45) is 2.15. The van der Waals surface area contributed by atoms with Crippen LogP contribution in [0, 0.1) is 12.8 Å². The summed E-state index contributed by atoms with van der Waals surface area (Å²) in [6, 6.07) is 6.84. The molecule has 3 N–H and O–H groups in total. The molecule has 1 saturated heterocycles. The molecule has 0 aliphatic carbocycles. The lowest BCUT2D eigenvalue weighted by molar-refractivity contribution is -0.129. The molecule has 2 atom stereocenters. The first-order chi connectivity index (χ1) is 10.9. The molecule has 0 aromatic heterocycles. The normalized spacial score (nSPS) is 19.0. The van der Waals surface area contributed by atoms with E-state index in [9.17, 15) is 9.59 Å². The second-order valence-corrected chi connectivity index (χ2v) is 6.76. The molecule has 5 nitrogen and oxygen atoms in total. The number of benzene rings is 1. The van der Waals surface area contributed by atoms with Crippen molar-refractivity contribution in [3.8, 4) is 0 Å². The molecule has 1 aromatic carbocycles. The van der Waals surface area contributed by atoms with Gasteiger partial charge < -0.3 is 16.0 Å². The van der Waals surface area contributed by atoms with E-state index in [1.54, 1.807) is 4.90 Å². The van der Waals surface area contributed by atoms with Crippen LogP contribution in [0.1, 0.15) is 38.7 Å². The predicted octanol–water partition coefficient (Wildman–Crippen LogP) is 2.40. The molecule has 0 bridgehead atoms. The number of nitrogens with zero attached hydrogens (tertiary/aromatic N) is 1. The van der Waals surface area contributed by atoms with Crippen molar-refractivity contribution >= 4 is 29.9 Å². The van der Waals surface area contributed by atoms with Gasteiger partial charge in [0.15, 0.2) is 0 Å². The average molecular weight is 354 g/mol. The summed E-state index contributed by atoms with van der Waals surface area (Å²) in [5, 5.41) is 2.83. The fourth-order valence-corrected chi connectivity index (χ4v) is 2.88. The molecule has 0 saturated carbocycles. The Balaban J connectivity index is 0.00000288. The number of anilines is 1. The van der Waals surface area contributed by atoms with Crippen LogP contribution in [-0.2, 0) is 9.59 Å². The Morgan fingerprint density at radius 2 is 1.96 bits per heavy atom. The van der Waals surface area contributed by atoms with Crippen LogP contribution in [0.5, 0.6) is 0 Å². The van der Waals surface area contributed by atoms with E-state index in [1.165, 1.54) is 0 Å². The number of carbonyl (C=O) groups excluding carboxylic acids is 2. The average Bonchev–Trinajstić information content (AvgIpc) is 2.49. The van der Waals surface area contributed by atoms with Crippen LogP contribution in [0.4, 0.5) is 5.69 Å². The highest BCUT2D eigenvalue weighted by Gasteiger charge is 2.31. The molecular formula is C18H28ClN3O2. The van der Waals surface area contributed by atoms with E-state index in [1.807, 2.05) is 45.0 Å². The quantitative estimate of drug-likeness (QED) is 0.853. The van der Waals surface area contributed by atoms with E-state index < -0.39 is 12.1 Å². The van der Waals surface area contributed by atoms with Gasteiger partial charge >= 0.3 is 0 Å². The second-order valence-electron chi connectivity index (χ2n) is 6.76. The van der Waals surface area contributed by atoms with E-state index in [0.717, 1.165) is 17.7 Å². The summed E-state index contributed by atoms with van der Waals surface area (Å²) >= 11 is 0. The third-order valence-electron chi connectivity index (χ3n) is 4.16. The maximum atomic E-state index is 12.7. The third kappa shape index (κ3) is 5.21. The maximum absolute atomic E-state index is 12.7. The minimum atomic E-state index is -0.558. The minimum absolute atomic E-state index is 0. The zero-order chi connectivity index (χ0) is 17.0. The summed E-state index contributed by atoms with van der Waals surface area (Å²) in [5.41, 5.74) is 7.94. The first kappa shape index (κ1) is 20.5. The minimum Gasteiger partial charge on any atom is -0.343 e. The molecule has 0 radical (unpaired) electrons. The first-order valence-corrected chi connectivity index (χ1v) is 8.32. The Morgan fingerprint density at radius 1 is 1.33 bits per heavy atom. The summed E-state index contributed by atoms with van der Waals surface area (Å²) < 4.78 is 0. The molecule has 1 aromatic rings. The Hall–Kier alpha value is -1.59. The van der Waals surface area contributed by atoms with Crippen molar-refractivity contribution in [3.63, 3.8) is 0 Å². The van der Waals surface area contributed by atoms with E-state index in [4.69, 9.17) is 5.73 Å². The molecule has 6 heteroatoms. The third-order valence-corrected chi connectivity index (χ3v) is 4.16. The summed E-state index contributed by atoms with van der Waals surface area (Å²) in [7, 11) is 0. The Kier molecular flexibility index (Phi) is 7.70. The lowest BCUT2D eigenvalue weighted by Gasteiger charge is -2.33. The molecule has 2 amide bonds. The van der Waals surface area contributed by atoms with Crippen LogP contribution in [0.25, 0.3) is 0 Å². The van der Waals surface area contributed by atoms with Crippen molar-refractivity contribution in [2.24, 2.45) is 11.7 Å². The largest absolute Gasteiger partial charge is 0.343 e. The molecule has 1 unspecified atom stereocenters. The fourth-order valence-electron chi connectivity index (χ4n) is 2.88. The fraction of sp³-hybridized carbons (Fsp3) is 0.556. The number of hydrogen-bond acceptors (Lipinski definition) is 3. The monoisotopic (exact) mass is 353 g/mol. The number of piperidine rings is 1. The van der Waals surface area contributed by atoms with Crippen molar-refractivity contribution in [1.82, 2.24) is 5.32 Å². The van der Waals surface area contributed by atoms with Gasteiger partial charge in [-0.3, -0.25) is 9.59 Å². The highest BCUT2D eigenvalue weighted by molar-refractivity contribution is 6.00. The van der Waals surface area contributed by atoms with E-state index in [-0.39, 0.29) is 24.2 Å². The molecule has 0 spiro atoms. The number of aryl methyl sites for hydroxylation is 1. The summed E-state index contributed by atoms with van der Waals surface area (Å²) in [5.74, 6) is 0.0647. The maximum Gasteiger partial charge on any atom is 0.249 e. The van der Waals surface area contributed by atoms with Gasteiger partial charge in [0, 0.05) is 12.2 Å². The van der Waals surface area contributed by atoms with Gasteiger partial charge in [0.25, 0.3) is 0 Å². The van der Waals surface area contributed by atoms with Crippen LogP contribution in [0.2, 0.25) is 0 Å². The zero-order valence-corrected chi connectivity index (χ0v) is 15.4. The first-order valence-electron chi connectivity index (χ1n) is 8.32. The van der Waals surface area contributed by atoms with Gasteiger partial charge in [-0.1, -0.05) is 31.5 Å². The van der Waals surface area contributed by atoms with Gasteiger partial charge in [-0.25, -0.2) is 0 Å². The van der Waals surface area contributed by atoms with Crippen molar-refractivity contribution in [1.29, 1.82) is 0 Å². The van der Waals surface area contributed by atoms with Crippen molar-refractivity contribution < 1.29 is 9.59 Å². The van der Waals surface area contributed by atoms with Gasteiger partial charge in [0.1, 0.15) is 6.04 Å². The lowest BCUT2D eigenvalue weighted by Crippen LogP contribution is -2.55. The number of hydrogen-bond donors (Lipinski definition) is 2. The number of halogens is 1. The number of amides is 2. The predicted molar refractivity (Wildman–Crippen MR) is 99.4 cm³/mol. The van der Waals surface area contributed by atoms with Gasteiger partial charge in [0.2, 0.25) is 11.8 Å². The highest BCUT2D eigenvalue weighted by Crippen LogP contribution is 2.21. The molecule has 2 rings (SSSR count). The summed E-state index contributed by atoms with van der Waals surface area (Å²) in [6.45, 7) is 6.75. The molecule has 1 heterocycles. The topological polar surface area (TPSA) is 75.4 Å². The molecular weight excluding hydrogens is 326 g/mol. The lowest BCUT2D eigenvalue weighted by atomic mass is 10.0. The molecule has 134 valence electrons. The smallest absolute Gasteiger partial charge is 0.249 e.